The fourth-order valence-corrected chi connectivity index (χ4v) is 3.40. The summed E-state index contributed by atoms with van der Waals surface area (Å²) in [6.45, 7) is 7.85. The second-order valence-corrected chi connectivity index (χ2v) is 8.13. The van der Waals surface area contributed by atoms with Crippen molar-refractivity contribution < 1.29 is 28.3 Å². The van der Waals surface area contributed by atoms with Gasteiger partial charge in [-0.25, -0.2) is 4.79 Å². The van der Waals surface area contributed by atoms with Crippen LogP contribution in [0, 0.1) is 13.8 Å². The van der Waals surface area contributed by atoms with Gasteiger partial charge in [0.15, 0.2) is 18.1 Å². The molecule has 34 heavy (non-hydrogen) atoms. The molecule has 0 unspecified atom stereocenters. The Hall–Kier alpha value is -3.81. The first kappa shape index (κ1) is 24.8. The van der Waals surface area contributed by atoms with E-state index in [-0.39, 0.29) is 30.7 Å². The van der Waals surface area contributed by atoms with Crippen molar-refractivity contribution in [3.05, 3.63) is 76.7 Å². The normalized spacial score (nSPS) is 10.8. The summed E-state index contributed by atoms with van der Waals surface area (Å²) in [6.07, 6.45) is 0. The zero-order valence-electron chi connectivity index (χ0n) is 20.2. The monoisotopic (exact) mass is 466 g/mol. The summed E-state index contributed by atoms with van der Waals surface area (Å²) in [5.41, 5.74) is 2.87. The molecule has 1 amide bonds. The summed E-state index contributed by atoms with van der Waals surface area (Å²) in [5.74, 6) is 0.638. The van der Waals surface area contributed by atoms with Gasteiger partial charge in [-0.05, 0) is 51.5 Å². The van der Waals surface area contributed by atoms with E-state index in [2.05, 4.69) is 5.16 Å². The van der Waals surface area contributed by atoms with Crippen LogP contribution < -0.4 is 9.47 Å². The fraction of sp³-hybridized carbons (Fsp3) is 0.346. The summed E-state index contributed by atoms with van der Waals surface area (Å²) in [5, 5.41) is 3.91. The third-order valence-electron chi connectivity index (χ3n) is 5.42. The van der Waals surface area contributed by atoms with E-state index in [1.807, 2.05) is 58.0 Å². The van der Waals surface area contributed by atoms with Crippen molar-refractivity contribution in [1.82, 2.24) is 10.1 Å². The Bertz CT molecular complexity index is 1100. The van der Waals surface area contributed by atoms with Crippen LogP contribution in [0.5, 0.6) is 11.5 Å². The molecule has 0 bridgehead atoms. The van der Waals surface area contributed by atoms with Crippen LogP contribution in [0.2, 0.25) is 0 Å². The molecule has 1 aromatic heterocycles. The van der Waals surface area contributed by atoms with Gasteiger partial charge in [0.05, 0.1) is 23.9 Å². The molecule has 3 aromatic rings. The van der Waals surface area contributed by atoms with Crippen LogP contribution in [-0.2, 0) is 22.7 Å². The minimum atomic E-state index is -0.618. The third-order valence-corrected chi connectivity index (χ3v) is 5.42. The topological polar surface area (TPSA) is 91.1 Å². The molecule has 180 valence electrons. The molecule has 0 aliphatic carbocycles. The minimum Gasteiger partial charge on any atom is -0.493 e. The van der Waals surface area contributed by atoms with Gasteiger partial charge in [0.1, 0.15) is 12.4 Å². The summed E-state index contributed by atoms with van der Waals surface area (Å²) < 4.78 is 21.7. The third kappa shape index (κ3) is 6.15. The van der Waals surface area contributed by atoms with E-state index in [4.69, 9.17) is 18.7 Å². The zero-order chi connectivity index (χ0) is 24.7. The number of esters is 1. The number of ether oxygens (including phenoxy) is 3. The van der Waals surface area contributed by atoms with Gasteiger partial charge in [-0.2, -0.15) is 0 Å². The lowest BCUT2D eigenvalue weighted by atomic mass is 10.2. The number of nitrogens with zero attached hydrogens (tertiary/aromatic N) is 2. The highest BCUT2D eigenvalue weighted by Crippen LogP contribution is 2.30. The van der Waals surface area contributed by atoms with Crippen molar-refractivity contribution in [2.45, 2.75) is 46.9 Å². The molecule has 8 nitrogen and oxygen atoms in total. The second-order valence-electron chi connectivity index (χ2n) is 8.13. The maximum Gasteiger partial charge on any atom is 0.338 e. The lowest BCUT2D eigenvalue weighted by molar-refractivity contribution is -0.136. The van der Waals surface area contributed by atoms with Gasteiger partial charge >= 0.3 is 5.97 Å². The van der Waals surface area contributed by atoms with Gasteiger partial charge in [-0.3, -0.25) is 4.79 Å². The van der Waals surface area contributed by atoms with E-state index < -0.39 is 5.97 Å². The maximum absolute atomic E-state index is 12.7. The summed E-state index contributed by atoms with van der Waals surface area (Å²) in [7, 11) is 1.49. The molecule has 0 spiro atoms. The Morgan fingerprint density at radius 2 is 1.79 bits per heavy atom. The molecule has 0 saturated carbocycles. The lowest BCUT2D eigenvalue weighted by Crippen LogP contribution is -2.39. The van der Waals surface area contributed by atoms with Crippen LogP contribution in [0.15, 0.2) is 53.1 Å². The SMILES string of the molecule is COc1cc(C(=O)OCC(=O)N(Cc2ccccc2)C(C)C)ccc1OCc1c(C)noc1C. The van der Waals surface area contributed by atoms with E-state index in [9.17, 15) is 9.59 Å². The highest BCUT2D eigenvalue weighted by Gasteiger charge is 2.20. The molecule has 0 saturated heterocycles. The fourth-order valence-electron chi connectivity index (χ4n) is 3.40. The first-order chi connectivity index (χ1) is 16.3. The van der Waals surface area contributed by atoms with Gasteiger partial charge in [-0.15, -0.1) is 0 Å². The number of carbonyl (C=O) groups excluding carboxylic acids is 2. The number of amides is 1. The van der Waals surface area contributed by atoms with Gasteiger partial charge in [0, 0.05) is 12.6 Å². The largest absolute Gasteiger partial charge is 0.493 e. The van der Waals surface area contributed by atoms with Crippen molar-refractivity contribution in [1.29, 1.82) is 0 Å². The summed E-state index contributed by atoms with van der Waals surface area (Å²) >= 11 is 0. The number of benzene rings is 2. The molecule has 0 N–H and O–H groups in total. The number of aromatic nitrogens is 1. The average Bonchev–Trinajstić information content (AvgIpc) is 3.16. The number of carbonyl (C=O) groups is 2. The molecular formula is C26H30N2O6. The molecule has 0 aliphatic heterocycles. The van der Waals surface area contributed by atoms with Crippen LogP contribution in [0.25, 0.3) is 0 Å². The Morgan fingerprint density at radius 3 is 2.41 bits per heavy atom. The van der Waals surface area contributed by atoms with Crippen molar-refractivity contribution in [3.63, 3.8) is 0 Å². The predicted molar refractivity (Wildman–Crippen MR) is 126 cm³/mol. The van der Waals surface area contributed by atoms with Gasteiger partial charge in [0.2, 0.25) is 0 Å². The number of hydrogen-bond acceptors (Lipinski definition) is 7. The number of hydrogen-bond donors (Lipinski definition) is 0. The first-order valence-electron chi connectivity index (χ1n) is 11.0. The number of rotatable bonds is 10. The van der Waals surface area contributed by atoms with Crippen LogP contribution >= 0.6 is 0 Å². The van der Waals surface area contributed by atoms with E-state index in [1.165, 1.54) is 13.2 Å². The molecule has 0 fully saturated rings. The van der Waals surface area contributed by atoms with Crippen LogP contribution in [0.4, 0.5) is 0 Å². The standard InChI is InChI=1S/C26H30N2O6/c1-17(2)28(14-20-9-7-6-8-10-20)25(29)16-33-26(30)21-11-12-23(24(13-21)31-5)32-15-22-18(3)27-34-19(22)4/h6-13,17H,14-16H2,1-5H3. The minimum absolute atomic E-state index is 0.0411. The highest BCUT2D eigenvalue weighted by molar-refractivity contribution is 5.92. The molecule has 0 radical (unpaired) electrons. The van der Waals surface area contributed by atoms with Crippen LogP contribution in [0.1, 0.15) is 46.8 Å². The van der Waals surface area contributed by atoms with Gasteiger partial charge in [-0.1, -0.05) is 35.5 Å². The van der Waals surface area contributed by atoms with E-state index >= 15 is 0 Å². The summed E-state index contributed by atoms with van der Waals surface area (Å²) in [6, 6.07) is 14.4. The van der Waals surface area contributed by atoms with Crippen molar-refractivity contribution in [2.75, 3.05) is 13.7 Å². The molecule has 1 heterocycles. The van der Waals surface area contributed by atoms with Gasteiger partial charge < -0.3 is 23.6 Å². The first-order valence-corrected chi connectivity index (χ1v) is 11.0. The van der Waals surface area contributed by atoms with Crippen LogP contribution in [-0.4, -0.2) is 41.7 Å². The molecule has 8 heteroatoms. The maximum atomic E-state index is 12.7. The van der Waals surface area contributed by atoms with Gasteiger partial charge in [0.25, 0.3) is 5.91 Å². The Kier molecular flexibility index (Phi) is 8.29. The van der Waals surface area contributed by atoms with Crippen LogP contribution in [0.3, 0.4) is 0 Å². The Balaban J connectivity index is 1.62. The molecule has 0 atom stereocenters. The molecule has 0 aliphatic rings. The smallest absolute Gasteiger partial charge is 0.338 e. The molecule has 2 aromatic carbocycles. The average molecular weight is 467 g/mol. The predicted octanol–water partition coefficient (Wildman–Crippen LogP) is 4.47. The van der Waals surface area contributed by atoms with E-state index in [1.54, 1.807) is 17.0 Å². The van der Waals surface area contributed by atoms with Crippen molar-refractivity contribution in [2.24, 2.45) is 0 Å². The number of methoxy groups -OCH3 is 1. The molecular weight excluding hydrogens is 436 g/mol. The zero-order valence-corrected chi connectivity index (χ0v) is 20.2. The quantitative estimate of drug-likeness (QED) is 0.407. The number of aryl methyl sites for hydroxylation is 2. The summed E-state index contributed by atoms with van der Waals surface area (Å²) in [4.78, 5) is 27.0. The van der Waals surface area contributed by atoms with E-state index in [0.717, 1.165) is 16.8 Å². The van der Waals surface area contributed by atoms with E-state index in [0.29, 0.717) is 23.8 Å². The molecule has 3 rings (SSSR count). The second kappa shape index (κ2) is 11.4. The Labute approximate surface area is 199 Å². The van der Waals surface area contributed by atoms with Crippen molar-refractivity contribution >= 4 is 11.9 Å². The highest BCUT2D eigenvalue weighted by atomic mass is 16.5. The lowest BCUT2D eigenvalue weighted by Gasteiger charge is -2.26. The van der Waals surface area contributed by atoms with Crippen molar-refractivity contribution in [3.8, 4) is 11.5 Å². The Morgan fingerprint density at radius 1 is 1.06 bits per heavy atom.